The van der Waals surface area contributed by atoms with E-state index in [9.17, 15) is 0 Å². The van der Waals surface area contributed by atoms with Crippen molar-refractivity contribution in [2.75, 3.05) is 0 Å². The van der Waals surface area contributed by atoms with Crippen LogP contribution in [-0.2, 0) is 5.88 Å². The summed E-state index contributed by atoms with van der Waals surface area (Å²) in [6, 6.07) is 8.31. The number of nitrogens with one attached hydrogen (secondary N) is 1. The van der Waals surface area contributed by atoms with E-state index in [4.69, 9.17) is 11.6 Å². The quantitative estimate of drug-likeness (QED) is 0.614. The van der Waals surface area contributed by atoms with Crippen LogP contribution in [0.25, 0.3) is 0 Å². The zero-order chi connectivity index (χ0) is 10.6. The molecule has 0 atom stereocenters. The zero-order valence-corrected chi connectivity index (χ0v) is 10.7. The van der Waals surface area contributed by atoms with Crippen molar-refractivity contribution in [1.29, 1.82) is 0 Å². The molecule has 0 fully saturated rings. The maximum Gasteiger partial charge on any atom is 0.180 e. The fourth-order valence-corrected chi connectivity index (χ4v) is 2.38. The van der Waals surface area contributed by atoms with E-state index in [0.29, 0.717) is 15.6 Å². The topological polar surface area (TPSA) is 12.0 Å². The highest BCUT2D eigenvalue weighted by molar-refractivity contribution is 6.52. The average molecular weight is 226 g/mol. The summed E-state index contributed by atoms with van der Waals surface area (Å²) in [6.45, 7) is 6.51. The lowest BCUT2D eigenvalue weighted by Gasteiger charge is -2.20. The Balaban J connectivity index is 2.67. The van der Waals surface area contributed by atoms with Gasteiger partial charge in [0.15, 0.2) is 9.68 Å². The van der Waals surface area contributed by atoms with E-state index in [2.05, 4.69) is 44.0 Å². The standard InChI is InChI=1S/C11H16ClNSi/c1-11(2,3)13-14-10-7-5-4-6-9(10)8-12/h4-7,13H,8H2,1-3H3. The minimum atomic E-state index is 0.165. The Hall–Kier alpha value is -0.313. The highest BCUT2D eigenvalue weighted by Gasteiger charge is 2.10. The summed E-state index contributed by atoms with van der Waals surface area (Å²) in [6.07, 6.45) is 0. The number of alkyl halides is 1. The van der Waals surface area contributed by atoms with Gasteiger partial charge in [0.1, 0.15) is 0 Å². The van der Waals surface area contributed by atoms with Crippen LogP contribution in [0.5, 0.6) is 0 Å². The molecule has 0 aliphatic heterocycles. The van der Waals surface area contributed by atoms with Crippen molar-refractivity contribution in [1.82, 2.24) is 4.98 Å². The minimum Gasteiger partial charge on any atom is -0.331 e. The van der Waals surface area contributed by atoms with Gasteiger partial charge in [0.25, 0.3) is 0 Å². The Bertz CT molecular complexity index is 294. The highest BCUT2D eigenvalue weighted by Crippen LogP contribution is 2.01. The molecule has 14 heavy (non-hydrogen) atoms. The van der Waals surface area contributed by atoms with Gasteiger partial charge in [-0.15, -0.1) is 11.6 Å². The fourth-order valence-electron chi connectivity index (χ4n) is 1.01. The molecular weight excluding hydrogens is 210 g/mol. The second-order valence-corrected chi connectivity index (χ2v) is 5.60. The van der Waals surface area contributed by atoms with Gasteiger partial charge in [-0.1, -0.05) is 24.3 Å². The Morgan fingerprint density at radius 1 is 1.29 bits per heavy atom. The van der Waals surface area contributed by atoms with Crippen molar-refractivity contribution in [3.63, 3.8) is 0 Å². The molecule has 0 bridgehead atoms. The zero-order valence-electron chi connectivity index (χ0n) is 8.89. The van der Waals surface area contributed by atoms with Crippen LogP contribution in [-0.4, -0.2) is 15.2 Å². The Morgan fingerprint density at radius 2 is 1.93 bits per heavy atom. The van der Waals surface area contributed by atoms with Gasteiger partial charge in [0.2, 0.25) is 0 Å². The van der Waals surface area contributed by atoms with Crippen LogP contribution < -0.4 is 10.2 Å². The van der Waals surface area contributed by atoms with Crippen LogP contribution >= 0.6 is 11.6 Å². The molecule has 76 valence electrons. The van der Waals surface area contributed by atoms with Crippen LogP contribution in [0, 0.1) is 0 Å². The van der Waals surface area contributed by atoms with E-state index >= 15 is 0 Å². The van der Waals surface area contributed by atoms with Crippen molar-refractivity contribution in [3.05, 3.63) is 29.8 Å². The molecule has 1 nitrogen and oxygen atoms in total. The number of halogens is 1. The molecule has 0 spiro atoms. The van der Waals surface area contributed by atoms with Crippen LogP contribution in [0.4, 0.5) is 0 Å². The van der Waals surface area contributed by atoms with Crippen LogP contribution in [0.15, 0.2) is 24.3 Å². The van der Waals surface area contributed by atoms with Gasteiger partial charge in [-0.05, 0) is 31.5 Å². The van der Waals surface area contributed by atoms with E-state index < -0.39 is 0 Å². The molecule has 0 heterocycles. The summed E-state index contributed by atoms with van der Waals surface area (Å²) in [5.41, 5.74) is 1.39. The first kappa shape index (κ1) is 11.8. The average Bonchev–Trinajstić information content (AvgIpc) is 2.14. The molecule has 3 heteroatoms. The monoisotopic (exact) mass is 225 g/mol. The molecule has 0 unspecified atom stereocenters. The summed E-state index contributed by atoms with van der Waals surface area (Å²) >= 11 is 5.86. The summed E-state index contributed by atoms with van der Waals surface area (Å²) in [4.78, 5) is 3.48. The summed E-state index contributed by atoms with van der Waals surface area (Å²) in [5, 5.41) is 1.32. The summed E-state index contributed by atoms with van der Waals surface area (Å²) < 4.78 is 0. The molecule has 0 aromatic heterocycles. The Labute approximate surface area is 93.8 Å². The van der Waals surface area contributed by atoms with Gasteiger partial charge in [-0.25, -0.2) is 0 Å². The third-order valence-electron chi connectivity index (χ3n) is 1.73. The predicted molar refractivity (Wildman–Crippen MR) is 64.3 cm³/mol. The normalized spacial score (nSPS) is 11.7. The van der Waals surface area contributed by atoms with Gasteiger partial charge < -0.3 is 4.98 Å². The summed E-state index contributed by atoms with van der Waals surface area (Å²) in [7, 11) is 0.627. The second-order valence-electron chi connectivity index (χ2n) is 4.29. The van der Waals surface area contributed by atoms with Gasteiger partial charge >= 0.3 is 0 Å². The predicted octanol–water partition coefficient (Wildman–Crippen LogP) is 2.06. The third kappa shape index (κ3) is 3.82. The summed E-state index contributed by atoms with van der Waals surface area (Å²) in [5.74, 6) is 0.592. The fraction of sp³-hybridized carbons (Fsp3) is 0.455. The van der Waals surface area contributed by atoms with Crippen LogP contribution in [0.2, 0.25) is 0 Å². The molecule has 0 saturated carbocycles. The molecule has 0 aliphatic rings. The number of rotatable bonds is 3. The Kier molecular flexibility index (Phi) is 4.17. The number of hydrogen-bond donors (Lipinski definition) is 1. The third-order valence-corrected chi connectivity index (χ3v) is 3.65. The van der Waals surface area contributed by atoms with E-state index in [1.807, 2.05) is 6.07 Å². The first-order chi connectivity index (χ1) is 6.53. The molecule has 0 saturated heterocycles. The lowest BCUT2D eigenvalue weighted by atomic mass is 10.1. The maximum atomic E-state index is 5.86. The molecule has 1 N–H and O–H groups in total. The molecule has 2 radical (unpaired) electrons. The lowest BCUT2D eigenvalue weighted by molar-refractivity contribution is 0.525. The van der Waals surface area contributed by atoms with E-state index in [1.54, 1.807) is 0 Å². The van der Waals surface area contributed by atoms with Crippen LogP contribution in [0.3, 0.4) is 0 Å². The molecule has 0 amide bonds. The smallest absolute Gasteiger partial charge is 0.180 e. The van der Waals surface area contributed by atoms with E-state index in [0.717, 1.165) is 0 Å². The van der Waals surface area contributed by atoms with Crippen molar-refractivity contribution >= 4 is 26.5 Å². The van der Waals surface area contributed by atoms with Crippen molar-refractivity contribution < 1.29 is 0 Å². The first-order valence-corrected chi connectivity index (χ1v) is 6.23. The molecule has 1 rings (SSSR count). The van der Waals surface area contributed by atoms with Gasteiger partial charge in [-0.3, -0.25) is 0 Å². The van der Waals surface area contributed by atoms with Crippen molar-refractivity contribution in [2.45, 2.75) is 32.2 Å². The number of benzene rings is 1. The maximum absolute atomic E-state index is 5.86. The highest BCUT2D eigenvalue weighted by atomic mass is 35.5. The van der Waals surface area contributed by atoms with Crippen molar-refractivity contribution in [3.8, 4) is 0 Å². The second kappa shape index (κ2) is 4.96. The van der Waals surface area contributed by atoms with Crippen molar-refractivity contribution in [2.24, 2.45) is 0 Å². The van der Waals surface area contributed by atoms with Gasteiger partial charge in [0.05, 0.1) is 0 Å². The molecule has 1 aromatic carbocycles. The SMILES string of the molecule is CC(C)(C)N[Si]c1ccccc1CCl. The Morgan fingerprint density at radius 3 is 2.50 bits per heavy atom. The van der Waals surface area contributed by atoms with Gasteiger partial charge in [-0.2, -0.15) is 0 Å². The van der Waals surface area contributed by atoms with Crippen LogP contribution in [0.1, 0.15) is 26.3 Å². The molecular formula is C11H16ClNSi. The molecule has 1 aromatic rings. The van der Waals surface area contributed by atoms with E-state index in [1.165, 1.54) is 10.8 Å². The van der Waals surface area contributed by atoms with E-state index in [-0.39, 0.29) is 5.54 Å². The van der Waals surface area contributed by atoms with Gasteiger partial charge in [0, 0.05) is 11.4 Å². The molecule has 0 aliphatic carbocycles. The lowest BCUT2D eigenvalue weighted by Crippen LogP contribution is -2.44. The largest absolute Gasteiger partial charge is 0.331 e. The number of hydrogen-bond acceptors (Lipinski definition) is 1. The minimum absolute atomic E-state index is 0.165. The first-order valence-electron chi connectivity index (χ1n) is 4.70.